The summed E-state index contributed by atoms with van der Waals surface area (Å²) in [5.74, 6) is -0.845. The highest BCUT2D eigenvalue weighted by molar-refractivity contribution is 5.74. The predicted octanol–water partition coefficient (Wildman–Crippen LogP) is 0.0985. The molecule has 0 radical (unpaired) electrons. The first-order valence-electron chi connectivity index (χ1n) is 4.68. The molecule has 1 heterocycles. The lowest BCUT2D eigenvalue weighted by molar-refractivity contribution is -0.142. The second-order valence-corrected chi connectivity index (χ2v) is 3.37. The molecule has 1 aliphatic rings. The van der Waals surface area contributed by atoms with Gasteiger partial charge in [0.1, 0.15) is 0 Å². The number of aliphatic carboxylic acids is 1. The van der Waals surface area contributed by atoms with E-state index in [2.05, 4.69) is 0 Å². The summed E-state index contributed by atoms with van der Waals surface area (Å²) >= 11 is 0. The van der Waals surface area contributed by atoms with E-state index >= 15 is 0 Å². The fourth-order valence-electron chi connectivity index (χ4n) is 1.60. The number of hydrogen-bond acceptors (Lipinski definition) is 3. The Morgan fingerprint density at radius 2 is 2.29 bits per heavy atom. The Labute approximate surface area is 82.6 Å². The fourth-order valence-corrected chi connectivity index (χ4v) is 1.60. The molecule has 14 heavy (non-hydrogen) atoms. The van der Waals surface area contributed by atoms with E-state index in [1.54, 1.807) is 4.90 Å². The molecule has 0 aromatic carbocycles. The van der Waals surface area contributed by atoms with Gasteiger partial charge in [-0.2, -0.15) is 0 Å². The molecule has 1 atom stereocenters. The zero-order chi connectivity index (χ0) is 10.6. The first kappa shape index (κ1) is 11.0. The second-order valence-electron chi connectivity index (χ2n) is 3.37. The number of hydrogen-bond donors (Lipinski definition) is 1. The van der Waals surface area contributed by atoms with Crippen molar-refractivity contribution in [3.05, 3.63) is 0 Å². The summed E-state index contributed by atoms with van der Waals surface area (Å²) in [7, 11) is 0. The summed E-state index contributed by atoms with van der Waals surface area (Å²) in [6, 6.07) is -0.0719. The topological polar surface area (TPSA) is 66.8 Å². The molecule has 0 saturated carbocycles. The highest BCUT2D eigenvalue weighted by Gasteiger charge is 2.25. The minimum absolute atomic E-state index is 0.0105. The molecule has 1 unspecified atom stereocenters. The van der Waals surface area contributed by atoms with Gasteiger partial charge >= 0.3 is 5.97 Å². The number of carboxylic acids is 1. The smallest absolute Gasteiger partial charge is 0.303 e. The average molecular weight is 201 g/mol. The van der Waals surface area contributed by atoms with Crippen LogP contribution in [0.1, 0.15) is 19.8 Å². The maximum absolute atomic E-state index is 11.2. The summed E-state index contributed by atoms with van der Waals surface area (Å²) in [5.41, 5.74) is 0. The molecule has 1 amide bonds. The fraction of sp³-hybridized carbons (Fsp3) is 0.778. The van der Waals surface area contributed by atoms with Gasteiger partial charge < -0.3 is 14.7 Å². The van der Waals surface area contributed by atoms with E-state index in [1.807, 2.05) is 0 Å². The minimum atomic E-state index is -0.834. The Morgan fingerprint density at radius 3 is 2.86 bits per heavy atom. The van der Waals surface area contributed by atoms with Crippen molar-refractivity contribution in [2.45, 2.75) is 25.8 Å². The molecule has 0 aliphatic carbocycles. The van der Waals surface area contributed by atoms with E-state index in [0.29, 0.717) is 26.2 Å². The maximum Gasteiger partial charge on any atom is 0.303 e. The number of carbonyl (C=O) groups is 2. The number of amides is 1. The van der Waals surface area contributed by atoms with Gasteiger partial charge in [-0.3, -0.25) is 9.59 Å². The normalized spacial score (nSPS) is 22.1. The first-order chi connectivity index (χ1) is 6.61. The molecule has 0 spiro atoms. The van der Waals surface area contributed by atoms with Crippen molar-refractivity contribution < 1.29 is 19.4 Å². The van der Waals surface area contributed by atoms with Gasteiger partial charge in [0.25, 0.3) is 0 Å². The second kappa shape index (κ2) is 4.95. The van der Waals surface area contributed by atoms with Crippen molar-refractivity contribution in [3.8, 4) is 0 Å². The molecule has 1 fully saturated rings. The molecular formula is C9H15NO4. The van der Waals surface area contributed by atoms with Crippen LogP contribution in [0, 0.1) is 0 Å². The van der Waals surface area contributed by atoms with E-state index in [-0.39, 0.29) is 18.4 Å². The lowest BCUT2D eigenvalue weighted by Crippen LogP contribution is -2.47. The van der Waals surface area contributed by atoms with Crippen LogP contribution in [-0.4, -0.2) is 47.7 Å². The van der Waals surface area contributed by atoms with Gasteiger partial charge in [-0.25, -0.2) is 0 Å². The van der Waals surface area contributed by atoms with Gasteiger partial charge in [-0.15, -0.1) is 0 Å². The Kier molecular flexibility index (Phi) is 3.88. The summed E-state index contributed by atoms with van der Waals surface area (Å²) < 4.78 is 5.21. The number of rotatable bonds is 3. The highest BCUT2D eigenvalue weighted by atomic mass is 16.5. The van der Waals surface area contributed by atoms with Crippen molar-refractivity contribution in [3.63, 3.8) is 0 Å². The van der Waals surface area contributed by atoms with Gasteiger partial charge in [0, 0.05) is 19.9 Å². The largest absolute Gasteiger partial charge is 0.481 e. The molecule has 1 N–H and O–H groups in total. The van der Waals surface area contributed by atoms with Crippen molar-refractivity contribution in [1.82, 2.24) is 4.90 Å². The lowest BCUT2D eigenvalue weighted by Gasteiger charge is -2.34. The molecule has 1 rings (SSSR count). The van der Waals surface area contributed by atoms with Crippen LogP contribution in [0.2, 0.25) is 0 Å². The van der Waals surface area contributed by atoms with Crippen molar-refractivity contribution >= 4 is 11.9 Å². The number of ether oxygens (including phenoxy) is 1. The van der Waals surface area contributed by atoms with Crippen LogP contribution in [0.3, 0.4) is 0 Å². The van der Waals surface area contributed by atoms with Crippen LogP contribution in [0.5, 0.6) is 0 Å². The summed E-state index contributed by atoms with van der Waals surface area (Å²) in [5, 5.41) is 8.52. The van der Waals surface area contributed by atoms with Crippen molar-refractivity contribution in [1.29, 1.82) is 0 Å². The standard InChI is InChI=1S/C9H15NO4/c1-7(11)10-4-5-14-6-8(10)2-3-9(12)13/h8H,2-6H2,1H3,(H,12,13). The summed E-state index contributed by atoms with van der Waals surface area (Å²) in [4.78, 5) is 23.2. The molecule has 1 saturated heterocycles. The van der Waals surface area contributed by atoms with Crippen LogP contribution < -0.4 is 0 Å². The lowest BCUT2D eigenvalue weighted by atomic mass is 10.1. The van der Waals surface area contributed by atoms with Gasteiger partial charge in [0.2, 0.25) is 5.91 Å². The third-order valence-electron chi connectivity index (χ3n) is 2.32. The molecule has 5 nitrogen and oxygen atoms in total. The molecule has 0 bridgehead atoms. The third kappa shape index (κ3) is 2.99. The van der Waals surface area contributed by atoms with E-state index in [0.717, 1.165) is 0 Å². The molecular weight excluding hydrogens is 186 g/mol. The van der Waals surface area contributed by atoms with Gasteiger partial charge in [-0.05, 0) is 6.42 Å². The van der Waals surface area contributed by atoms with E-state index < -0.39 is 5.97 Å². The Morgan fingerprint density at radius 1 is 1.57 bits per heavy atom. The summed E-state index contributed by atoms with van der Waals surface area (Å²) in [6.07, 6.45) is 0.548. The van der Waals surface area contributed by atoms with Crippen molar-refractivity contribution in [2.24, 2.45) is 0 Å². The highest BCUT2D eigenvalue weighted by Crippen LogP contribution is 2.12. The molecule has 80 valence electrons. The zero-order valence-corrected chi connectivity index (χ0v) is 8.23. The van der Waals surface area contributed by atoms with Crippen LogP contribution in [0.15, 0.2) is 0 Å². The van der Waals surface area contributed by atoms with Crippen LogP contribution in [-0.2, 0) is 14.3 Å². The third-order valence-corrected chi connectivity index (χ3v) is 2.32. The Balaban J connectivity index is 2.45. The van der Waals surface area contributed by atoms with Crippen molar-refractivity contribution in [2.75, 3.05) is 19.8 Å². The minimum Gasteiger partial charge on any atom is -0.481 e. The molecule has 5 heteroatoms. The Bertz CT molecular complexity index is 229. The van der Waals surface area contributed by atoms with Crippen LogP contribution >= 0.6 is 0 Å². The molecule has 1 aliphatic heterocycles. The summed E-state index contributed by atoms with van der Waals surface area (Å²) in [6.45, 7) is 3.06. The average Bonchev–Trinajstić information content (AvgIpc) is 2.15. The predicted molar refractivity (Wildman–Crippen MR) is 48.9 cm³/mol. The maximum atomic E-state index is 11.2. The van der Waals surface area contributed by atoms with Crippen LogP contribution in [0.4, 0.5) is 0 Å². The molecule has 0 aromatic rings. The van der Waals surface area contributed by atoms with Gasteiger partial charge in [0.15, 0.2) is 0 Å². The Hall–Kier alpha value is -1.10. The number of morpholine rings is 1. The van der Waals surface area contributed by atoms with E-state index in [1.165, 1.54) is 6.92 Å². The van der Waals surface area contributed by atoms with E-state index in [9.17, 15) is 9.59 Å². The zero-order valence-electron chi connectivity index (χ0n) is 8.23. The van der Waals surface area contributed by atoms with Crippen LogP contribution in [0.25, 0.3) is 0 Å². The number of nitrogens with zero attached hydrogens (tertiary/aromatic N) is 1. The monoisotopic (exact) mass is 201 g/mol. The first-order valence-corrected chi connectivity index (χ1v) is 4.68. The SMILES string of the molecule is CC(=O)N1CCOCC1CCC(=O)O. The van der Waals surface area contributed by atoms with E-state index in [4.69, 9.17) is 9.84 Å². The molecule has 0 aromatic heterocycles. The number of carboxylic acid groups (broad SMARTS) is 1. The quantitative estimate of drug-likeness (QED) is 0.703. The van der Waals surface area contributed by atoms with Gasteiger partial charge in [0.05, 0.1) is 19.3 Å². The van der Waals surface area contributed by atoms with Gasteiger partial charge in [-0.1, -0.05) is 0 Å². The number of carbonyl (C=O) groups excluding carboxylic acids is 1.